The van der Waals surface area contributed by atoms with Gasteiger partial charge in [0.05, 0.1) is 11.9 Å². The Hall–Kier alpha value is -2.93. The molecule has 5 rings (SSSR count). The molecule has 0 bridgehead atoms. The molecule has 1 aromatic carbocycles. The lowest BCUT2D eigenvalue weighted by atomic mass is 9.91. The molecule has 0 radical (unpaired) electrons. The van der Waals surface area contributed by atoms with Gasteiger partial charge in [-0.05, 0) is 30.5 Å². The maximum Gasteiger partial charge on any atom is 0.258 e. The van der Waals surface area contributed by atoms with Gasteiger partial charge in [-0.1, -0.05) is 18.2 Å². The second-order valence-corrected chi connectivity index (χ2v) is 12.1. The van der Waals surface area contributed by atoms with Crippen molar-refractivity contribution in [2.75, 3.05) is 38.3 Å². The second-order valence-electron chi connectivity index (χ2n) is 9.30. The number of benzene rings is 1. The Morgan fingerprint density at radius 2 is 1.92 bits per heavy atom. The first kappa shape index (κ1) is 24.8. The van der Waals surface area contributed by atoms with Crippen LogP contribution in [0, 0.1) is 0 Å². The largest absolute Gasteiger partial charge is 0.375 e. The summed E-state index contributed by atoms with van der Waals surface area (Å²) >= 11 is 1.46. The van der Waals surface area contributed by atoms with Gasteiger partial charge in [-0.25, -0.2) is 27.7 Å². The summed E-state index contributed by atoms with van der Waals surface area (Å²) in [4.78, 5) is 27.8. The first-order valence-corrected chi connectivity index (χ1v) is 14.5. The molecule has 190 valence electrons. The van der Waals surface area contributed by atoms with E-state index in [-0.39, 0.29) is 11.9 Å². The van der Waals surface area contributed by atoms with Crippen molar-refractivity contribution >= 4 is 33.2 Å². The molecule has 10 nitrogen and oxygen atoms in total. The van der Waals surface area contributed by atoms with E-state index < -0.39 is 15.6 Å². The van der Waals surface area contributed by atoms with Gasteiger partial charge in [0.2, 0.25) is 16.0 Å². The summed E-state index contributed by atoms with van der Waals surface area (Å²) in [6, 6.07) is 9.23. The number of aliphatic hydroxyl groups is 1. The van der Waals surface area contributed by atoms with Gasteiger partial charge in [0.1, 0.15) is 10.7 Å². The summed E-state index contributed by atoms with van der Waals surface area (Å²) in [5.74, 6) is 0.190. The minimum absolute atomic E-state index is 0.0927. The van der Waals surface area contributed by atoms with Gasteiger partial charge in [-0.3, -0.25) is 4.79 Å². The van der Waals surface area contributed by atoms with Gasteiger partial charge in [0.15, 0.2) is 5.60 Å². The summed E-state index contributed by atoms with van der Waals surface area (Å²) in [6.45, 7) is 1.46. The fraction of sp³-hybridized carbons (Fsp3) is 0.417. The van der Waals surface area contributed by atoms with Crippen molar-refractivity contribution in [1.29, 1.82) is 0 Å². The van der Waals surface area contributed by atoms with Crippen LogP contribution < -0.4 is 5.32 Å². The van der Waals surface area contributed by atoms with Crippen LogP contribution in [-0.2, 0) is 20.4 Å². The average Bonchev–Trinajstić information content (AvgIpc) is 3.46. The number of anilines is 1. The highest BCUT2D eigenvalue weighted by molar-refractivity contribution is 7.88. The molecule has 1 amide bonds. The number of carbonyl (C=O) groups excluding carboxylic acids is 1. The Kier molecular flexibility index (Phi) is 6.54. The number of likely N-dealkylation sites (N-methyl/N-ethyl adjacent to an activating group) is 1. The number of nitrogens with zero attached hydrogens (tertiary/aromatic N) is 5. The smallest absolute Gasteiger partial charge is 0.258 e. The molecule has 0 spiro atoms. The maximum absolute atomic E-state index is 12.5. The zero-order valence-corrected chi connectivity index (χ0v) is 21.7. The molecule has 2 aromatic heterocycles. The topological polar surface area (TPSA) is 129 Å². The summed E-state index contributed by atoms with van der Waals surface area (Å²) in [6.07, 6.45) is 4.64. The molecular formula is C24H28N6O4S2. The zero-order valence-electron chi connectivity index (χ0n) is 20.1. The molecule has 36 heavy (non-hydrogen) atoms. The van der Waals surface area contributed by atoms with Crippen LogP contribution in [0.1, 0.15) is 24.8 Å². The highest BCUT2D eigenvalue weighted by atomic mass is 32.2. The first-order chi connectivity index (χ1) is 17.1. The van der Waals surface area contributed by atoms with Crippen LogP contribution >= 0.6 is 11.3 Å². The van der Waals surface area contributed by atoms with Gasteiger partial charge < -0.3 is 15.3 Å². The number of nitrogens with one attached hydrogen (secondary N) is 1. The number of likely N-dealkylation sites (tertiary alicyclic amines) is 1. The highest BCUT2D eigenvalue weighted by Crippen LogP contribution is 2.36. The van der Waals surface area contributed by atoms with E-state index in [0.29, 0.717) is 61.8 Å². The lowest BCUT2D eigenvalue weighted by molar-refractivity contribution is -0.143. The number of sulfonamides is 1. The number of piperidine rings is 1. The van der Waals surface area contributed by atoms with Gasteiger partial charge in [-0.2, -0.15) is 0 Å². The Morgan fingerprint density at radius 1 is 1.14 bits per heavy atom. The first-order valence-electron chi connectivity index (χ1n) is 11.7. The molecular weight excluding hydrogens is 500 g/mol. The van der Waals surface area contributed by atoms with Gasteiger partial charge in [0.25, 0.3) is 5.91 Å². The van der Waals surface area contributed by atoms with Crippen molar-refractivity contribution in [3.05, 3.63) is 47.5 Å². The lowest BCUT2D eigenvalue weighted by Gasteiger charge is -2.30. The molecule has 3 aromatic rings. The summed E-state index contributed by atoms with van der Waals surface area (Å²) < 4.78 is 25.0. The molecule has 2 fully saturated rings. The molecule has 12 heteroatoms. The molecule has 0 saturated carbocycles. The molecule has 2 aliphatic rings. The van der Waals surface area contributed by atoms with Crippen molar-refractivity contribution < 1.29 is 18.3 Å². The predicted molar refractivity (Wildman–Crippen MR) is 138 cm³/mol. The third kappa shape index (κ3) is 4.85. The molecule has 4 heterocycles. The van der Waals surface area contributed by atoms with E-state index in [1.807, 2.05) is 23.6 Å². The van der Waals surface area contributed by atoms with Crippen LogP contribution in [0.2, 0.25) is 0 Å². The Morgan fingerprint density at radius 3 is 2.61 bits per heavy atom. The number of carbonyl (C=O) groups is 1. The molecule has 2 saturated heterocycles. The summed E-state index contributed by atoms with van der Waals surface area (Å²) in [5.41, 5.74) is 1.26. The third-order valence-corrected chi connectivity index (χ3v) is 8.97. The fourth-order valence-electron chi connectivity index (χ4n) is 4.64. The normalized spacial score (nSPS) is 21.8. The van der Waals surface area contributed by atoms with Crippen LogP contribution in [0.3, 0.4) is 0 Å². The number of thiazole rings is 1. The fourth-order valence-corrected chi connectivity index (χ4v) is 6.33. The van der Waals surface area contributed by atoms with Crippen molar-refractivity contribution in [2.45, 2.75) is 30.9 Å². The SMILES string of the molecule is CN1CC[C@@](O)(c2cccc(-c3nc(-c4ccnc(NC5CCN(S(C)(=O)=O)CC5)n4)cs3)c2)C1=O. The molecule has 0 unspecified atom stereocenters. The van der Waals surface area contributed by atoms with Gasteiger partial charge in [-0.15, -0.1) is 11.3 Å². The van der Waals surface area contributed by atoms with Crippen LogP contribution in [-0.4, -0.2) is 82.6 Å². The minimum Gasteiger partial charge on any atom is -0.375 e. The van der Waals surface area contributed by atoms with Gasteiger partial charge >= 0.3 is 0 Å². The number of rotatable bonds is 6. The molecule has 2 aliphatic heterocycles. The third-order valence-electron chi connectivity index (χ3n) is 6.77. The molecule has 0 aliphatic carbocycles. The van der Waals surface area contributed by atoms with Crippen molar-refractivity contribution in [3.8, 4) is 22.0 Å². The van der Waals surface area contributed by atoms with Gasteiger partial charge in [0, 0.05) is 56.3 Å². The number of hydrogen-bond donors (Lipinski definition) is 2. The summed E-state index contributed by atoms with van der Waals surface area (Å²) in [7, 11) is -1.47. The minimum atomic E-state index is -3.17. The van der Waals surface area contributed by atoms with E-state index in [9.17, 15) is 18.3 Å². The van der Waals surface area contributed by atoms with E-state index >= 15 is 0 Å². The van der Waals surface area contributed by atoms with E-state index in [4.69, 9.17) is 4.98 Å². The van der Waals surface area contributed by atoms with E-state index in [2.05, 4.69) is 15.3 Å². The zero-order chi connectivity index (χ0) is 25.5. The Bertz CT molecular complexity index is 1390. The van der Waals surface area contributed by atoms with Crippen LogP contribution in [0.15, 0.2) is 41.9 Å². The van der Waals surface area contributed by atoms with Crippen molar-refractivity contribution in [2.24, 2.45) is 0 Å². The molecule has 1 atom stereocenters. The van der Waals surface area contributed by atoms with Crippen LogP contribution in [0.25, 0.3) is 22.0 Å². The summed E-state index contributed by atoms with van der Waals surface area (Å²) in [5, 5.41) is 17.0. The Labute approximate surface area is 214 Å². The maximum atomic E-state index is 12.5. The number of amides is 1. The van der Waals surface area contributed by atoms with Crippen LogP contribution in [0.4, 0.5) is 5.95 Å². The van der Waals surface area contributed by atoms with Crippen molar-refractivity contribution in [1.82, 2.24) is 24.2 Å². The lowest BCUT2D eigenvalue weighted by Crippen LogP contribution is -2.42. The van der Waals surface area contributed by atoms with Crippen molar-refractivity contribution in [3.63, 3.8) is 0 Å². The van der Waals surface area contributed by atoms with Crippen LogP contribution in [0.5, 0.6) is 0 Å². The van der Waals surface area contributed by atoms with E-state index in [0.717, 1.165) is 10.6 Å². The van der Waals surface area contributed by atoms with E-state index in [1.165, 1.54) is 21.9 Å². The predicted octanol–water partition coefficient (Wildman–Crippen LogP) is 2.15. The van der Waals surface area contributed by atoms with E-state index in [1.54, 1.807) is 30.3 Å². The number of hydrogen-bond acceptors (Lipinski definition) is 9. The molecule has 2 N–H and O–H groups in total. The number of aromatic nitrogens is 3. The second kappa shape index (κ2) is 9.51. The highest BCUT2D eigenvalue weighted by Gasteiger charge is 2.45. The Balaban J connectivity index is 1.31. The monoisotopic (exact) mass is 528 g/mol. The average molecular weight is 529 g/mol. The quantitative estimate of drug-likeness (QED) is 0.498. The standard InChI is InChI=1S/C24H28N6O4S2/c1-29-13-9-24(32,22(29)31)17-5-3-4-16(14-17)21-27-20(15-35-21)19-6-10-25-23(28-19)26-18-7-11-30(12-8-18)36(2,33)34/h3-6,10,14-15,18,32H,7-9,11-13H2,1-2H3,(H,25,26,28)/t24-/m1/s1.